The molecule has 1 unspecified atom stereocenters. The van der Waals surface area contributed by atoms with Gasteiger partial charge in [-0.3, -0.25) is 4.90 Å². The van der Waals surface area contributed by atoms with Gasteiger partial charge >= 0.3 is 0 Å². The molecule has 31 heavy (non-hydrogen) atoms. The van der Waals surface area contributed by atoms with Crippen molar-refractivity contribution in [2.45, 2.75) is 12.7 Å². The number of hydrogen-bond acceptors (Lipinski definition) is 6. The minimum atomic E-state index is -0.566. The number of β-amino-alcohol motifs (C(OH)–C–C–N with tert-alkyl or cyclic N) is 1. The molecule has 1 N–H and O–H groups in total. The Bertz CT molecular complexity index is 775. The van der Waals surface area contributed by atoms with Gasteiger partial charge in [0.1, 0.15) is 17.3 Å². The normalized spacial score (nSPS) is 14.9. The van der Waals surface area contributed by atoms with Crippen molar-refractivity contribution in [3.05, 3.63) is 53.8 Å². The van der Waals surface area contributed by atoms with Crippen LogP contribution in [0.15, 0.2) is 42.5 Å². The van der Waals surface area contributed by atoms with E-state index in [4.69, 9.17) is 14.2 Å². The van der Waals surface area contributed by atoms with Crippen LogP contribution in [-0.2, 0) is 11.3 Å². The zero-order valence-corrected chi connectivity index (χ0v) is 19.5. The Morgan fingerprint density at radius 1 is 0.968 bits per heavy atom. The Kier molecular flexibility index (Phi) is 12.0. The number of aliphatic hydroxyl groups excluding tert-OH is 1. The molecule has 6 nitrogen and oxygen atoms in total. The largest absolute Gasteiger partial charge is 0.497 e. The molecule has 1 heterocycles. The molecular weight excluding hydrogens is 446 g/mol. The molecule has 2 aromatic carbocycles. The Morgan fingerprint density at radius 2 is 1.65 bits per heavy atom. The number of hydrogen-bond donors (Lipinski definition) is 1. The molecule has 0 radical (unpaired) electrons. The fourth-order valence-corrected chi connectivity index (χ4v) is 3.49. The monoisotopic (exact) mass is 476 g/mol. The number of methoxy groups -OCH3 is 2. The van der Waals surface area contributed by atoms with E-state index in [9.17, 15) is 9.50 Å². The summed E-state index contributed by atoms with van der Waals surface area (Å²) in [4.78, 5) is 4.45. The second-order valence-corrected chi connectivity index (χ2v) is 7.11. The van der Waals surface area contributed by atoms with E-state index in [1.165, 1.54) is 12.1 Å². The highest BCUT2D eigenvalue weighted by atomic mass is 35.5. The zero-order valence-electron chi connectivity index (χ0n) is 17.8. The first kappa shape index (κ1) is 27.3. The molecule has 0 saturated carbocycles. The van der Waals surface area contributed by atoms with E-state index in [0.29, 0.717) is 13.2 Å². The first-order valence-electron chi connectivity index (χ1n) is 9.78. The Hall–Kier alpha value is -1.77. The fraction of sp³-hybridized carbons (Fsp3) is 0.455. The number of aliphatic hydroxyl groups is 1. The lowest BCUT2D eigenvalue weighted by atomic mass is 10.2. The Labute approximate surface area is 195 Å². The van der Waals surface area contributed by atoms with Crippen LogP contribution < -0.4 is 14.4 Å². The third kappa shape index (κ3) is 8.01. The summed E-state index contributed by atoms with van der Waals surface area (Å²) in [5.41, 5.74) is 1.91. The number of nitrogens with zero attached hydrogens (tertiary/aromatic N) is 2. The summed E-state index contributed by atoms with van der Waals surface area (Å²) in [5.74, 6) is 1.25. The second kappa shape index (κ2) is 13.6. The zero-order chi connectivity index (χ0) is 20.6. The molecule has 1 atom stereocenters. The average molecular weight is 477 g/mol. The van der Waals surface area contributed by atoms with E-state index < -0.39 is 6.10 Å². The molecule has 1 saturated heterocycles. The molecule has 0 aliphatic carbocycles. The standard InChI is InChI=1S/C22H29FN2O4.2ClH/c1-27-21-7-8-22(28-2)17(13-21)15-29-16-20(26)14-24-9-11-25(12-10-24)19-5-3-18(23)4-6-19;;/h3-8,13,20,26H,9-12,14-16H2,1-2H3;2*1H. The van der Waals surface area contributed by atoms with Gasteiger partial charge in [-0.25, -0.2) is 4.39 Å². The van der Waals surface area contributed by atoms with Crippen LogP contribution in [0, 0.1) is 5.82 Å². The van der Waals surface area contributed by atoms with Crippen LogP contribution >= 0.6 is 24.8 Å². The molecule has 0 amide bonds. The lowest BCUT2D eigenvalue weighted by Crippen LogP contribution is -2.49. The molecule has 3 rings (SSSR count). The van der Waals surface area contributed by atoms with E-state index in [-0.39, 0.29) is 37.2 Å². The number of halogens is 3. The second-order valence-electron chi connectivity index (χ2n) is 7.11. The topological polar surface area (TPSA) is 54.4 Å². The first-order valence-corrected chi connectivity index (χ1v) is 9.78. The van der Waals surface area contributed by atoms with Gasteiger partial charge in [0.15, 0.2) is 0 Å². The summed E-state index contributed by atoms with van der Waals surface area (Å²) >= 11 is 0. The van der Waals surface area contributed by atoms with Gasteiger partial charge in [0, 0.05) is 44.0 Å². The van der Waals surface area contributed by atoms with Crippen molar-refractivity contribution in [1.29, 1.82) is 0 Å². The highest BCUT2D eigenvalue weighted by molar-refractivity contribution is 5.85. The summed E-state index contributed by atoms with van der Waals surface area (Å²) in [6.45, 7) is 4.54. The van der Waals surface area contributed by atoms with E-state index in [1.807, 2.05) is 18.2 Å². The van der Waals surface area contributed by atoms with Gasteiger partial charge in [0.25, 0.3) is 0 Å². The van der Waals surface area contributed by atoms with Crippen molar-refractivity contribution in [3.63, 3.8) is 0 Å². The molecule has 174 valence electrons. The van der Waals surface area contributed by atoms with Crippen LogP contribution in [-0.4, -0.2) is 69.7 Å². The number of piperazine rings is 1. The Balaban J connectivity index is 0.00000240. The highest BCUT2D eigenvalue weighted by Gasteiger charge is 2.19. The fourth-order valence-electron chi connectivity index (χ4n) is 3.49. The maximum absolute atomic E-state index is 13.1. The predicted octanol–water partition coefficient (Wildman–Crippen LogP) is 3.39. The highest BCUT2D eigenvalue weighted by Crippen LogP contribution is 2.24. The van der Waals surface area contributed by atoms with Crippen molar-refractivity contribution < 1.29 is 23.7 Å². The van der Waals surface area contributed by atoms with Crippen molar-refractivity contribution in [1.82, 2.24) is 4.90 Å². The molecule has 1 aliphatic heterocycles. The van der Waals surface area contributed by atoms with Crippen molar-refractivity contribution in [3.8, 4) is 11.5 Å². The van der Waals surface area contributed by atoms with E-state index in [0.717, 1.165) is 48.9 Å². The number of anilines is 1. The molecule has 1 aliphatic rings. The van der Waals surface area contributed by atoms with Crippen molar-refractivity contribution >= 4 is 30.5 Å². The minimum Gasteiger partial charge on any atom is -0.497 e. The van der Waals surface area contributed by atoms with E-state index in [1.54, 1.807) is 26.4 Å². The maximum atomic E-state index is 13.1. The van der Waals surface area contributed by atoms with Gasteiger partial charge in [-0.15, -0.1) is 24.8 Å². The van der Waals surface area contributed by atoms with Crippen LogP contribution in [0.5, 0.6) is 11.5 Å². The molecule has 9 heteroatoms. The molecule has 0 aromatic heterocycles. The Morgan fingerprint density at radius 3 is 2.26 bits per heavy atom. The van der Waals surface area contributed by atoms with Crippen LogP contribution in [0.4, 0.5) is 10.1 Å². The summed E-state index contributed by atoms with van der Waals surface area (Å²) in [6, 6.07) is 12.1. The summed E-state index contributed by atoms with van der Waals surface area (Å²) in [6.07, 6.45) is -0.566. The van der Waals surface area contributed by atoms with Crippen LogP contribution in [0.3, 0.4) is 0 Å². The number of benzene rings is 2. The lowest BCUT2D eigenvalue weighted by Gasteiger charge is -2.36. The van der Waals surface area contributed by atoms with Gasteiger partial charge in [-0.2, -0.15) is 0 Å². The number of ether oxygens (including phenoxy) is 3. The maximum Gasteiger partial charge on any atom is 0.124 e. The van der Waals surface area contributed by atoms with Crippen LogP contribution in [0.2, 0.25) is 0 Å². The van der Waals surface area contributed by atoms with Crippen LogP contribution in [0.25, 0.3) is 0 Å². The molecule has 2 aromatic rings. The molecule has 0 spiro atoms. The SMILES string of the molecule is COc1ccc(OC)c(COCC(O)CN2CCN(c3ccc(F)cc3)CC2)c1.Cl.Cl. The molecular formula is C22H31Cl2FN2O4. The van der Waals surface area contributed by atoms with Crippen molar-refractivity contribution in [2.75, 3.05) is 58.5 Å². The molecule has 1 fully saturated rings. The summed E-state index contributed by atoms with van der Waals surface area (Å²) in [7, 11) is 3.23. The van der Waals surface area contributed by atoms with Gasteiger partial charge in [0.05, 0.1) is 33.5 Å². The molecule has 0 bridgehead atoms. The summed E-state index contributed by atoms with van der Waals surface area (Å²) in [5, 5.41) is 10.3. The first-order chi connectivity index (χ1) is 14.1. The third-order valence-electron chi connectivity index (χ3n) is 5.09. The number of rotatable bonds is 9. The average Bonchev–Trinajstić information content (AvgIpc) is 2.75. The van der Waals surface area contributed by atoms with E-state index >= 15 is 0 Å². The minimum absolute atomic E-state index is 0. The van der Waals surface area contributed by atoms with Gasteiger partial charge in [-0.05, 0) is 42.5 Å². The smallest absolute Gasteiger partial charge is 0.124 e. The predicted molar refractivity (Wildman–Crippen MR) is 125 cm³/mol. The third-order valence-corrected chi connectivity index (χ3v) is 5.09. The van der Waals surface area contributed by atoms with Crippen molar-refractivity contribution in [2.24, 2.45) is 0 Å². The van der Waals surface area contributed by atoms with Gasteiger partial charge in [-0.1, -0.05) is 0 Å². The van der Waals surface area contributed by atoms with E-state index in [2.05, 4.69) is 9.80 Å². The lowest BCUT2D eigenvalue weighted by molar-refractivity contribution is 0.00862. The van der Waals surface area contributed by atoms with Crippen LogP contribution in [0.1, 0.15) is 5.56 Å². The quantitative estimate of drug-likeness (QED) is 0.598. The van der Waals surface area contributed by atoms with Gasteiger partial charge < -0.3 is 24.2 Å². The van der Waals surface area contributed by atoms with Gasteiger partial charge in [0.2, 0.25) is 0 Å². The summed E-state index contributed by atoms with van der Waals surface area (Å²) < 4.78 is 29.4.